The van der Waals surface area contributed by atoms with Crippen molar-refractivity contribution in [3.05, 3.63) is 34.5 Å². The van der Waals surface area contributed by atoms with Crippen molar-refractivity contribution in [1.29, 1.82) is 0 Å². The van der Waals surface area contributed by atoms with Crippen LogP contribution in [-0.4, -0.2) is 24.6 Å². The van der Waals surface area contributed by atoms with E-state index in [1.54, 1.807) is 18.2 Å². The fraction of sp³-hybridized carbons (Fsp3) is 0.286. The zero-order valence-corrected chi connectivity index (χ0v) is 12.9. The largest absolute Gasteiger partial charge is 0.496 e. The Morgan fingerprint density at radius 1 is 1.52 bits per heavy atom. The number of methoxy groups -OCH3 is 1. The third-order valence-corrected chi connectivity index (χ3v) is 4.24. The standard InChI is InChI=1S/C14H13ClN2O3S/c1-19-11-5-4-8(15)7-9(11)12(18)17-14-16-10-3-2-6-20-13(10)21-14/h4-5,7H,2-3,6H2,1H3,(H,16,17,18). The second-order valence-electron chi connectivity index (χ2n) is 4.50. The lowest BCUT2D eigenvalue weighted by Gasteiger charge is -2.09. The predicted molar refractivity (Wildman–Crippen MR) is 81.9 cm³/mol. The number of hydrogen-bond donors (Lipinski definition) is 1. The van der Waals surface area contributed by atoms with Gasteiger partial charge in [-0.2, -0.15) is 0 Å². The first-order valence-electron chi connectivity index (χ1n) is 6.45. The molecule has 1 N–H and O–H groups in total. The lowest BCUT2D eigenvalue weighted by Crippen LogP contribution is -2.13. The van der Waals surface area contributed by atoms with Crippen molar-refractivity contribution in [3.63, 3.8) is 0 Å². The van der Waals surface area contributed by atoms with Gasteiger partial charge in [0.15, 0.2) is 10.2 Å². The van der Waals surface area contributed by atoms with Crippen LogP contribution in [0.25, 0.3) is 0 Å². The predicted octanol–water partition coefficient (Wildman–Crippen LogP) is 3.38. The number of aryl methyl sites for hydroxylation is 1. The van der Waals surface area contributed by atoms with Crippen LogP contribution in [0.15, 0.2) is 18.2 Å². The molecule has 21 heavy (non-hydrogen) atoms. The van der Waals surface area contributed by atoms with Crippen LogP contribution in [0, 0.1) is 0 Å². The Labute approximate surface area is 130 Å². The molecule has 0 radical (unpaired) electrons. The summed E-state index contributed by atoms with van der Waals surface area (Å²) in [7, 11) is 1.51. The maximum atomic E-state index is 12.3. The molecule has 7 heteroatoms. The first-order chi connectivity index (χ1) is 10.2. The average Bonchev–Trinajstić information content (AvgIpc) is 2.89. The number of benzene rings is 1. The minimum Gasteiger partial charge on any atom is -0.496 e. The van der Waals surface area contributed by atoms with Crippen molar-refractivity contribution in [2.24, 2.45) is 0 Å². The highest BCUT2D eigenvalue weighted by Gasteiger charge is 2.19. The number of thiazole rings is 1. The Balaban J connectivity index is 1.83. The van der Waals surface area contributed by atoms with Gasteiger partial charge in [0.25, 0.3) is 5.91 Å². The molecule has 0 aliphatic carbocycles. The van der Waals surface area contributed by atoms with E-state index in [4.69, 9.17) is 21.1 Å². The number of halogens is 1. The number of carbonyl (C=O) groups excluding carboxylic acids is 1. The van der Waals surface area contributed by atoms with Crippen LogP contribution < -0.4 is 14.8 Å². The van der Waals surface area contributed by atoms with Gasteiger partial charge in [0.1, 0.15) is 5.75 Å². The summed E-state index contributed by atoms with van der Waals surface area (Å²) in [6.07, 6.45) is 1.83. The normalized spacial score (nSPS) is 13.2. The van der Waals surface area contributed by atoms with Crippen molar-refractivity contribution >= 4 is 34.0 Å². The number of amides is 1. The van der Waals surface area contributed by atoms with E-state index in [1.165, 1.54) is 18.4 Å². The Kier molecular flexibility index (Phi) is 3.98. The molecule has 3 rings (SSSR count). The van der Waals surface area contributed by atoms with E-state index in [1.807, 2.05) is 0 Å². The van der Waals surface area contributed by atoms with E-state index in [9.17, 15) is 4.79 Å². The number of rotatable bonds is 3. The topological polar surface area (TPSA) is 60.5 Å². The molecule has 110 valence electrons. The van der Waals surface area contributed by atoms with Crippen LogP contribution in [0.1, 0.15) is 22.5 Å². The van der Waals surface area contributed by atoms with Gasteiger partial charge >= 0.3 is 0 Å². The molecule has 0 atom stereocenters. The van der Waals surface area contributed by atoms with Crippen LogP contribution in [0.5, 0.6) is 10.8 Å². The molecule has 0 saturated carbocycles. The minimum atomic E-state index is -0.305. The van der Waals surface area contributed by atoms with E-state index in [0.29, 0.717) is 28.1 Å². The summed E-state index contributed by atoms with van der Waals surface area (Å²) in [6.45, 7) is 0.699. The fourth-order valence-electron chi connectivity index (χ4n) is 2.09. The number of ether oxygens (including phenoxy) is 2. The van der Waals surface area contributed by atoms with Gasteiger partial charge in [-0.05, 0) is 31.0 Å². The number of nitrogens with zero attached hydrogens (tertiary/aromatic N) is 1. The summed E-state index contributed by atoms with van der Waals surface area (Å²) in [6, 6.07) is 4.90. The van der Waals surface area contributed by atoms with E-state index < -0.39 is 0 Å². The van der Waals surface area contributed by atoms with E-state index in [2.05, 4.69) is 10.3 Å². The fourth-order valence-corrected chi connectivity index (χ4v) is 3.14. The van der Waals surface area contributed by atoms with Crippen LogP contribution in [0.4, 0.5) is 5.13 Å². The highest BCUT2D eigenvalue weighted by atomic mass is 35.5. The van der Waals surface area contributed by atoms with Gasteiger partial charge < -0.3 is 9.47 Å². The Hall–Kier alpha value is -1.79. The van der Waals surface area contributed by atoms with Crippen LogP contribution in [-0.2, 0) is 6.42 Å². The smallest absolute Gasteiger partial charge is 0.261 e. The monoisotopic (exact) mass is 324 g/mol. The van der Waals surface area contributed by atoms with Crippen molar-refractivity contribution in [3.8, 4) is 10.8 Å². The summed E-state index contributed by atoms with van der Waals surface area (Å²) in [5.74, 6) is 0.162. The zero-order chi connectivity index (χ0) is 14.8. The molecule has 0 saturated heterocycles. The molecule has 0 unspecified atom stereocenters. The van der Waals surface area contributed by atoms with Gasteiger partial charge in [-0.25, -0.2) is 4.98 Å². The number of aromatic nitrogens is 1. The maximum absolute atomic E-state index is 12.3. The van der Waals surface area contributed by atoms with Gasteiger partial charge in [-0.3, -0.25) is 10.1 Å². The SMILES string of the molecule is COc1ccc(Cl)cc1C(=O)Nc1nc2c(s1)OCCC2. The first kappa shape index (κ1) is 14.2. The second kappa shape index (κ2) is 5.91. The lowest BCUT2D eigenvalue weighted by molar-refractivity contribution is 0.102. The maximum Gasteiger partial charge on any atom is 0.261 e. The van der Waals surface area contributed by atoms with Gasteiger partial charge in [0.2, 0.25) is 0 Å². The summed E-state index contributed by atoms with van der Waals surface area (Å²) >= 11 is 7.27. The molecule has 2 heterocycles. The molecule has 1 amide bonds. The Morgan fingerprint density at radius 3 is 3.14 bits per heavy atom. The second-order valence-corrected chi connectivity index (χ2v) is 5.90. The van der Waals surface area contributed by atoms with Gasteiger partial charge in [0, 0.05) is 5.02 Å². The lowest BCUT2D eigenvalue weighted by atomic mass is 10.2. The molecule has 1 aliphatic heterocycles. The summed E-state index contributed by atoms with van der Waals surface area (Å²) in [5, 5.41) is 4.55. The molecule has 1 aromatic carbocycles. The molecule has 1 aromatic heterocycles. The number of nitrogens with one attached hydrogen (secondary N) is 1. The highest BCUT2D eigenvalue weighted by Crippen LogP contribution is 2.34. The molecule has 0 bridgehead atoms. The molecular weight excluding hydrogens is 312 g/mol. The van der Waals surface area contributed by atoms with Gasteiger partial charge in [0.05, 0.1) is 25.0 Å². The van der Waals surface area contributed by atoms with Crippen LogP contribution >= 0.6 is 22.9 Å². The molecule has 0 spiro atoms. The summed E-state index contributed by atoms with van der Waals surface area (Å²) in [5.41, 5.74) is 1.28. The first-order valence-corrected chi connectivity index (χ1v) is 7.64. The Morgan fingerprint density at radius 2 is 2.38 bits per heavy atom. The van der Waals surface area contributed by atoms with Crippen molar-refractivity contribution in [2.45, 2.75) is 12.8 Å². The molecule has 2 aromatic rings. The molecule has 5 nitrogen and oxygen atoms in total. The highest BCUT2D eigenvalue weighted by molar-refractivity contribution is 7.17. The van der Waals surface area contributed by atoms with Crippen LogP contribution in [0.2, 0.25) is 5.02 Å². The number of fused-ring (bicyclic) bond motifs is 1. The molecule has 0 fully saturated rings. The average molecular weight is 325 g/mol. The van der Waals surface area contributed by atoms with E-state index in [0.717, 1.165) is 23.6 Å². The van der Waals surface area contributed by atoms with Crippen molar-refractivity contribution < 1.29 is 14.3 Å². The van der Waals surface area contributed by atoms with E-state index in [-0.39, 0.29) is 5.91 Å². The summed E-state index contributed by atoms with van der Waals surface area (Å²) < 4.78 is 10.7. The van der Waals surface area contributed by atoms with Gasteiger partial charge in [-0.15, -0.1) is 0 Å². The quantitative estimate of drug-likeness (QED) is 0.940. The van der Waals surface area contributed by atoms with E-state index >= 15 is 0 Å². The number of anilines is 1. The number of carbonyl (C=O) groups is 1. The zero-order valence-electron chi connectivity index (χ0n) is 11.3. The number of hydrogen-bond acceptors (Lipinski definition) is 5. The minimum absolute atomic E-state index is 0.305. The summed E-state index contributed by atoms with van der Waals surface area (Å²) in [4.78, 5) is 16.7. The van der Waals surface area contributed by atoms with Crippen molar-refractivity contribution in [1.82, 2.24) is 4.98 Å². The third-order valence-electron chi connectivity index (χ3n) is 3.08. The van der Waals surface area contributed by atoms with Crippen molar-refractivity contribution in [2.75, 3.05) is 19.0 Å². The van der Waals surface area contributed by atoms with Crippen LogP contribution in [0.3, 0.4) is 0 Å². The Bertz CT molecular complexity index is 663. The molecule has 1 aliphatic rings. The third kappa shape index (κ3) is 2.96. The molecular formula is C14H13ClN2O3S. The van der Waals surface area contributed by atoms with Gasteiger partial charge in [-0.1, -0.05) is 22.9 Å².